The van der Waals surface area contributed by atoms with E-state index >= 15 is 0 Å². The molecule has 1 fully saturated rings. The van der Waals surface area contributed by atoms with Crippen LogP contribution in [-0.2, 0) is 6.54 Å². The van der Waals surface area contributed by atoms with Crippen molar-refractivity contribution in [1.82, 2.24) is 24.5 Å². The third kappa shape index (κ3) is 6.21. The summed E-state index contributed by atoms with van der Waals surface area (Å²) in [4.78, 5) is 27.8. The van der Waals surface area contributed by atoms with Crippen LogP contribution in [0.4, 0.5) is 21.9 Å². The standard InChI is InChI=1S/C27H29ClN8O2/c1-19-25(18-35(33-19)14-13-34-11-4-5-12-34)31-26(37)20-7-6-8-22(15-20)36-17-21(16-29-36)30-27(38)32-24-10-3-2-9-23(24)28/h2-3,6-10,15-18H,4-5,11-14H2,1H3,(H,31,37)(H2,30,32,38). The van der Waals surface area contributed by atoms with Crippen molar-refractivity contribution in [2.45, 2.75) is 26.3 Å². The SMILES string of the molecule is Cc1nn(CCN2CCCC2)cc1NC(=O)c1cccc(-n2cc(NC(=O)Nc3ccccc3Cl)cn2)c1. The number of amides is 3. The summed E-state index contributed by atoms with van der Waals surface area (Å²) in [5.74, 6) is -0.237. The monoisotopic (exact) mass is 532 g/mol. The van der Waals surface area contributed by atoms with E-state index in [9.17, 15) is 9.59 Å². The van der Waals surface area contributed by atoms with E-state index in [1.807, 2.05) is 23.9 Å². The second kappa shape index (κ2) is 11.5. The summed E-state index contributed by atoms with van der Waals surface area (Å²) >= 11 is 6.10. The molecule has 3 amide bonds. The van der Waals surface area contributed by atoms with E-state index in [1.54, 1.807) is 53.3 Å². The summed E-state index contributed by atoms with van der Waals surface area (Å²) in [5, 5.41) is 17.7. The predicted molar refractivity (Wildman–Crippen MR) is 148 cm³/mol. The van der Waals surface area contributed by atoms with Crippen molar-refractivity contribution in [3.63, 3.8) is 0 Å². The number of benzene rings is 2. The first-order valence-corrected chi connectivity index (χ1v) is 12.9. The Labute approximate surface area is 225 Å². The molecule has 1 saturated heterocycles. The van der Waals surface area contributed by atoms with Gasteiger partial charge in [0.15, 0.2) is 0 Å². The van der Waals surface area contributed by atoms with Crippen LogP contribution in [0.3, 0.4) is 0 Å². The first-order valence-electron chi connectivity index (χ1n) is 12.5. The van der Waals surface area contributed by atoms with Crippen LogP contribution in [0.5, 0.6) is 0 Å². The summed E-state index contributed by atoms with van der Waals surface area (Å²) in [6.07, 6.45) is 7.59. The predicted octanol–water partition coefficient (Wildman–Crippen LogP) is 5.02. The lowest BCUT2D eigenvalue weighted by atomic mass is 10.2. The summed E-state index contributed by atoms with van der Waals surface area (Å²) in [6.45, 7) is 5.92. The van der Waals surface area contributed by atoms with Gasteiger partial charge in [0.1, 0.15) is 0 Å². The molecule has 2 aromatic heterocycles. The van der Waals surface area contributed by atoms with Gasteiger partial charge in [-0.1, -0.05) is 29.8 Å². The van der Waals surface area contributed by atoms with Crippen molar-refractivity contribution in [2.75, 3.05) is 35.6 Å². The van der Waals surface area contributed by atoms with Crippen molar-refractivity contribution in [3.8, 4) is 5.69 Å². The van der Waals surface area contributed by atoms with Gasteiger partial charge < -0.3 is 20.9 Å². The molecule has 3 N–H and O–H groups in total. The number of aryl methyl sites for hydroxylation is 1. The molecular formula is C27H29ClN8O2. The fourth-order valence-electron chi connectivity index (χ4n) is 4.37. The van der Waals surface area contributed by atoms with Crippen LogP contribution in [-0.4, -0.2) is 56.0 Å². The number of para-hydroxylation sites is 1. The number of nitrogens with one attached hydrogen (secondary N) is 3. The van der Waals surface area contributed by atoms with E-state index in [0.717, 1.165) is 31.9 Å². The third-order valence-corrected chi connectivity index (χ3v) is 6.70. The van der Waals surface area contributed by atoms with E-state index < -0.39 is 6.03 Å². The smallest absolute Gasteiger partial charge is 0.319 e. The molecule has 4 aromatic rings. The highest BCUT2D eigenvalue weighted by Crippen LogP contribution is 2.21. The van der Waals surface area contributed by atoms with Gasteiger partial charge in [-0.25, -0.2) is 9.48 Å². The van der Waals surface area contributed by atoms with Gasteiger partial charge in [-0.3, -0.25) is 9.48 Å². The fraction of sp³-hybridized carbons (Fsp3) is 0.259. The van der Waals surface area contributed by atoms with Crippen LogP contribution in [0, 0.1) is 6.92 Å². The Hall–Kier alpha value is -4.15. The maximum absolute atomic E-state index is 13.0. The Morgan fingerprint density at radius 2 is 1.76 bits per heavy atom. The molecule has 0 atom stereocenters. The summed E-state index contributed by atoms with van der Waals surface area (Å²) in [5.41, 5.74) is 3.61. The minimum atomic E-state index is -0.442. The molecule has 0 bridgehead atoms. The molecule has 5 rings (SSSR count). The number of aromatic nitrogens is 4. The van der Waals surface area contributed by atoms with Crippen LogP contribution in [0.2, 0.25) is 5.02 Å². The number of anilines is 3. The average molecular weight is 533 g/mol. The molecule has 2 aromatic carbocycles. The number of carbonyl (C=O) groups excluding carboxylic acids is 2. The third-order valence-electron chi connectivity index (χ3n) is 6.37. The van der Waals surface area contributed by atoms with Gasteiger partial charge in [-0.05, 0) is 63.2 Å². The zero-order valence-electron chi connectivity index (χ0n) is 21.0. The Balaban J connectivity index is 1.20. The van der Waals surface area contributed by atoms with Gasteiger partial charge in [-0.15, -0.1) is 0 Å². The van der Waals surface area contributed by atoms with Crippen molar-refractivity contribution in [3.05, 3.63) is 83.4 Å². The number of urea groups is 1. The van der Waals surface area contributed by atoms with Gasteiger partial charge in [0.2, 0.25) is 0 Å². The molecule has 10 nitrogen and oxygen atoms in total. The Morgan fingerprint density at radius 1 is 0.947 bits per heavy atom. The molecule has 1 aliphatic heterocycles. The Morgan fingerprint density at radius 3 is 2.58 bits per heavy atom. The number of hydrogen-bond acceptors (Lipinski definition) is 5. The quantitative estimate of drug-likeness (QED) is 0.295. The van der Waals surface area contributed by atoms with Crippen molar-refractivity contribution >= 4 is 40.6 Å². The maximum Gasteiger partial charge on any atom is 0.323 e. The normalized spacial score (nSPS) is 13.4. The van der Waals surface area contributed by atoms with Crippen molar-refractivity contribution in [1.29, 1.82) is 0 Å². The minimum absolute atomic E-state index is 0.237. The van der Waals surface area contributed by atoms with Crippen LogP contribution in [0.15, 0.2) is 67.1 Å². The van der Waals surface area contributed by atoms with Crippen LogP contribution < -0.4 is 16.0 Å². The lowest BCUT2D eigenvalue weighted by molar-refractivity contribution is 0.102. The number of hydrogen-bond donors (Lipinski definition) is 3. The average Bonchev–Trinajstić information content (AvgIpc) is 3.67. The van der Waals surface area contributed by atoms with Crippen LogP contribution in [0.25, 0.3) is 5.69 Å². The second-order valence-corrected chi connectivity index (χ2v) is 9.58. The summed E-state index contributed by atoms with van der Waals surface area (Å²) in [6, 6.07) is 13.6. The first-order chi connectivity index (χ1) is 18.4. The molecule has 0 radical (unpaired) electrons. The Kier molecular flexibility index (Phi) is 7.71. The fourth-order valence-corrected chi connectivity index (χ4v) is 4.55. The largest absolute Gasteiger partial charge is 0.323 e. The lowest BCUT2D eigenvalue weighted by Crippen LogP contribution is -2.24. The molecule has 38 heavy (non-hydrogen) atoms. The van der Waals surface area contributed by atoms with Crippen LogP contribution in [0.1, 0.15) is 28.9 Å². The topological polar surface area (TPSA) is 109 Å². The second-order valence-electron chi connectivity index (χ2n) is 9.18. The van der Waals surface area contributed by atoms with Gasteiger partial charge in [-0.2, -0.15) is 10.2 Å². The highest BCUT2D eigenvalue weighted by atomic mass is 35.5. The van der Waals surface area contributed by atoms with E-state index in [0.29, 0.717) is 33.3 Å². The molecule has 3 heterocycles. The van der Waals surface area contributed by atoms with E-state index in [1.165, 1.54) is 19.0 Å². The number of halogens is 1. The number of carbonyl (C=O) groups is 2. The molecule has 0 spiro atoms. The molecule has 0 aliphatic carbocycles. The zero-order valence-corrected chi connectivity index (χ0v) is 21.8. The van der Waals surface area contributed by atoms with Crippen molar-refractivity contribution in [2.24, 2.45) is 0 Å². The molecule has 0 unspecified atom stereocenters. The van der Waals surface area contributed by atoms with Gasteiger partial charge in [0, 0.05) is 18.3 Å². The molecule has 0 saturated carbocycles. The highest BCUT2D eigenvalue weighted by Gasteiger charge is 2.15. The Bertz CT molecular complexity index is 1440. The van der Waals surface area contributed by atoms with Crippen molar-refractivity contribution < 1.29 is 9.59 Å². The van der Waals surface area contributed by atoms with E-state index in [-0.39, 0.29) is 5.91 Å². The zero-order chi connectivity index (χ0) is 26.5. The molecule has 1 aliphatic rings. The number of likely N-dealkylation sites (tertiary alicyclic amines) is 1. The van der Waals surface area contributed by atoms with E-state index in [2.05, 4.69) is 31.0 Å². The minimum Gasteiger partial charge on any atom is -0.319 e. The van der Waals surface area contributed by atoms with Crippen LogP contribution >= 0.6 is 11.6 Å². The summed E-state index contributed by atoms with van der Waals surface area (Å²) in [7, 11) is 0. The molecule has 196 valence electrons. The number of nitrogens with zero attached hydrogens (tertiary/aromatic N) is 5. The lowest BCUT2D eigenvalue weighted by Gasteiger charge is -2.13. The van der Waals surface area contributed by atoms with Gasteiger partial charge >= 0.3 is 6.03 Å². The van der Waals surface area contributed by atoms with Gasteiger partial charge in [0.05, 0.1) is 52.4 Å². The highest BCUT2D eigenvalue weighted by molar-refractivity contribution is 6.33. The van der Waals surface area contributed by atoms with E-state index in [4.69, 9.17) is 11.6 Å². The van der Waals surface area contributed by atoms with Gasteiger partial charge in [0.25, 0.3) is 5.91 Å². The number of rotatable bonds is 8. The maximum atomic E-state index is 13.0. The molecule has 11 heteroatoms. The first kappa shape index (κ1) is 25.5. The molecular weight excluding hydrogens is 504 g/mol. The summed E-state index contributed by atoms with van der Waals surface area (Å²) < 4.78 is 3.48.